The van der Waals surface area contributed by atoms with Crippen molar-refractivity contribution in [2.45, 2.75) is 59.4 Å². The molecule has 1 aliphatic carbocycles. The van der Waals surface area contributed by atoms with E-state index in [9.17, 15) is 9.59 Å². The molecule has 0 bridgehead atoms. The van der Waals surface area contributed by atoms with Crippen molar-refractivity contribution in [3.63, 3.8) is 0 Å². The second-order valence-electron chi connectivity index (χ2n) is 10.3. The summed E-state index contributed by atoms with van der Waals surface area (Å²) < 4.78 is 0. The fourth-order valence-corrected chi connectivity index (χ4v) is 4.99. The van der Waals surface area contributed by atoms with Crippen LogP contribution in [0.15, 0.2) is 48.5 Å². The molecule has 4 heteroatoms. The maximum atomic E-state index is 13.3. The highest BCUT2D eigenvalue weighted by Crippen LogP contribution is 2.42. The minimum Gasteiger partial charge on any atom is -0.353 e. The zero-order chi connectivity index (χ0) is 22.9. The number of nitrogens with one attached hydrogen (secondary N) is 1. The lowest BCUT2D eigenvalue weighted by Crippen LogP contribution is -2.52. The molecule has 4 rings (SSSR count). The monoisotopic (exact) mass is 432 g/mol. The standard InChI is InChI=1S/C28H36N2O2/c1-19(2)29-27(32)28(12-14-30(15-13-28)26(31)25-17-21(25)4)18-22-8-10-23(11-9-22)24-7-5-6-20(3)16-24/h5-11,16,19,21,25H,12-15,17-18H2,1-4H3,(H,29,32). The fraction of sp³-hybridized carbons (Fsp3) is 0.500. The van der Waals surface area contributed by atoms with E-state index >= 15 is 0 Å². The van der Waals surface area contributed by atoms with Gasteiger partial charge in [-0.2, -0.15) is 0 Å². The first kappa shape index (κ1) is 22.6. The Morgan fingerprint density at radius 3 is 2.28 bits per heavy atom. The Balaban J connectivity index is 1.50. The van der Waals surface area contributed by atoms with Gasteiger partial charge in [-0.05, 0) is 69.1 Å². The molecule has 1 saturated carbocycles. The molecule has 1 heterocycles. The van der Waals surface area contributed by atoms with Crippen LogP contribution in [0.4, 0.5) is 0 Å². The molecule has 0 radical (unpaired) electrons. The van der Waals surface area contributed by atoms with Crippen LogP contribution in [0.2, 0.25) is 0 Å². The molecule has 170 valence electrons. The molecule has 0 aromatic heterocycles. The Morgan fingerprint density at radius 1 is 1.06 bits per heavy atom. The van der Waals surface area contributed by atoms with Crippen LogP contribution in [-0.4, -0.2) is 35.8 Å². The third-order valence-corrected chi connectivity index (χ3v) is 7.21. The Hall–Kier alpha value is -2.62. The second kappa shape index (κ2) is 9.09. The van der Waals surface area contributed by atoms with Crippen molar-refractivity contribution in [1.82, 2.24) is 10.2 Å². The van der Waals surface area contributed by atoms with E-state index in [0.29, 0.717) is 25.4 Å². The average Bonchev–Trinajstić information content (AvgIpc) is 3.50. The predicted molar refractivity (Wildman–Crippen MR) is 129 cm³/mol. The molecule has 2 fully saturated rings. The van der Waals surface area contributed by atoms with Gasteiger partial charge in [0, 0.05) is 25.0 Å². The normalized spacial score (nSPS) is 22.0. The summed E-state index contributed by atoms with van der Waals surface area (Å²) in [5.41, 5.74) is 4.37. The number of benzene rings is 2. The zero-order valence-corrected chi connectivity index (χ0v) is 19.9. The largest absolute Gasteiger partial charge is 0.353 e. The molecule has 2 unspecified atom stereocenters. The van der Waals surface area contributed by atoms with Crippen molar-refractivity contribution >= 4 is 11.8 Å². The topological polar surface area (TPSA) is 49.4 Å². The average molecular weight is 433 g/mol. The van der Waals surface area contributed by atoms with Crippen molar-refractivity contribution in [2.24, 2.45) is 17.3 Å². The molecule has 1 saturated heterocycles. The summed E-state index contributed by atoms with van der Waals surface area (Å²) in [5, 5.41) is 3.16. The first-order valence-corrected chi connectivity index (χ1v) is 12.0. The Morgan fingerprint density at radius 2 is 1.72 bits per heavy atom. The predicted octanol–water partition coefficient (Wildman–Crippen LogP) is 4.99. The summed E-state index contributed by atoms with van der Waals surface area (Å²) in [5.74, 6) is 1.14. The van der Waals surface area contributed by atoms with E-state index in [4.69, 9.17) is 0 Å². The highest BCUT2D eigenvalue weighted by molar-refractivity contribution is 5.85. The van der Waals surface area contributed by atoms with Gasteiger partial charge in [-0.15, -0.1) is 0 Å². The Labute approximate surface area is 192 Å². The summed E-state index contributed by atoms with van der Waals surface area (Å²) in [6.07, 6.45) is 3.17. The highest BCUT2D eigenvalue weighted by Gasteiger charge is 2.46. The molecule has 32 heavy (non-hydrogen) atoms. The smallest absolute Gasteiger partial charge is 0.226 e. The molecule has 1 N–H and O–H groups in total. The van der Waals surface area contributed by atoms with Crippen LogP contribution in [0.25, 0.3) is 11.1 Å². The number of nitrogens with zero attached hydrogens (tertiary/aromatic N) is 1. The van der Waals surface area contributed by atoms with Crippen molar-refractivity contribution in [1.29, 1.82) is 0 Å². The van der Waals surface area contributed by atoms with E-state index in [-0.39, 0.29) is 23.8 Å². The third kappa shape index (κ3) is 4.90. The van der Waals surface area contributed by atoms with Crippen molar-refractivity contribution in [3.05, 3.63) is 59.7 Å². The van der Waals surface area contributed by atoms with E-state index in [1.54, 1.807) is 0 Å². The van der Waals surface area contributed by atoms with Crippen molar-refractivity contribution in [3.8, 4) is 11.1 Å². The van der Waals surface area contributed by atoms with Crippen LogP contribution < -0.4 is 5.32 Å². The summed E-state index contributed by atoms with van der Waals surface area (Å²) in [7, 11) is 0. The van der Waals surface area contributed by atoms with Crippen LogP contribution in [0.3, 0.4) is 0 Å². The van der Waals surface area contributed by atoms with Gasteiger partial charge in [0.2, 0.25) is 11.8 Å². The molecular weight excluding hydrogens is 396 g/mol. The number of hydrogen-bond donors (Lipinski definition) is 1. The number of amides is 2. The molecule has 2 aliphatic rings. The van der Waals surface area contributed by atoms with Gasteiger partial charge in [0.15, 0.2) is 0 Å². The first-order valence-electron chi connectivity index (χ1n) is 12.0. The number of carbonyl (C=O) groups is 2. The maximum Gasteiger partial charge on any atom is 0.226 e. The molecule has 0 spiro atoms. The summed E-state index contributed by atoms with van der Waals surface area (Å²) >= 11 is 0. The van der Waals surface area contributed by atoms with E-state index < -0.39 is 5.41 Å². The zero-order valence-electron chi connectivity index (χ0n) is 19.9. The quantitative estimate of drug-likeness (QED) is 0.699. The van der Waals surface area contributed by atoms with Crippen LogP contribution in [-0.2, 0) is 16.0 Å². The number of hydrogen-bond acceptors (Lipinski definition) is 2. The summed E-state index contributed by atoms with van der Waals surface area (Å²) in [4.78, 5) is 28.0. The molecule has 1 aliphatic heterocycles. The lowest BCUT2D eigenvalue weighted by Gasteiger charge is -2.41. The third-order valence-electron chi connectivity index (χ3n) is 7.21. The van der Waals surface area contributed by atoms with Gasteiger partial charge >= 0.3 is 0 Å². The summed E-state index contributed by atoms with van der Waals surface area (Å²) in [6.45, 7) is 9.62. The molecule has 4 nitrogen and oxygen atoms in total. The second-order valence-corrected chi connectivity index (χ2v) is 10.3. The molecular formula is C28H36N2O2. The Kier molecular flexibility index (Phi) is 6.41. The van der Waals surface area contributed by atoms with Gasteiger partial charge in [-0.25, -0.2) is 0 Å². The van der Waals surface area contributed by atoms with E-state index in [2.05, 4.69) is 67.7 Å². The minimum atomic E-state index is -0.457. The Bertz CT molecular complexity index is 971. The number of likely N-dealkylation sites (tertiary alicyclic amines) is 1. The lowest BCUT2D eigenvalue weighted by atomic mass is 9.72. The SMILES string of the molecule is Cc1cccc(-c2ccc(CC3(C(=O)NC(C)C)CCN(C(=O)C4CC4C)CC3)cc2)c1. The number of aryl methyl sites for hydroxylation is 1. The number of carbonyl (C=O) groups excluding carboxylic acids is 2. The van der Waals surface area contributed by atoms with Gasteiger partial charge in [0.05, 0.1) is 5.41 Å². The van der Waals surface area contributed by atoms with Crippen molar-refractivity contribution < 1.29 is 9.59 Å². The van der Waals surface area contributed by atoms with Crippen LogP contribution >= 0.6 is 0 Å². The van der Waals surface area contributed by atoms with Crippen molar-refractivity contribution in [2.75, 3.05) is 13.1 Å². The summed E-state index contributed by atoms with van der Waals surface area (Å²) in [6, 6.07) is 17.3. The van der Waals surface area contributed by atoms with Crippen LogP contribution in [0.1, 0.15) is 51.2 Å². The fourth-order valence-electron chi connectivity index (χ4n) is 4.99. The van der Waals surface area contributed by atoms with Gasteiger partial charge in [0.1, 0.15) is 0 Å². The first-order chi connectivity index (χ1) is 15.3. The minimum absolute atomic E-state index is 0.107. The number of piperidine rings is 1. The van der Waals surface area contributed by atoms with Gasteiger partial charge in [-0.1, -0.05) is 61.0 Å². The van der Waals surface area contributed by atoms with E-state index in [1.165, 1.54) is 22.3 Å². The van der Waals surface area contributed by atoms with Gasteiger partial charge < -0.3 is 10.2 Å². The molecule has 2 aromatic rings. The maximum absolute atomic E-state index is 13.3. The van der Waals surface area contributed by atoms with Crippen LogP contribution in [0, 0.1) is 24.2 Å². The van der Waals surface area contributed by atoms with Gasteiger partial charge in [-0.3, -0.25) is 9.59 Å². The molecule has 2 amide bonds. The lowest BCUT2D eigenvalue weighted by molar-refractivity contribution is -0.141. The number of rotatable bonds is 6. The van der Waals surface area contributed by atoms with E-state index in [0.717, 1.165) is 19.3 Å². The highest BCUT2D eigenvalue weighted by atomic mass is 16.2. The molecule has 2 aromatic carbocycles. The van der Waals surface area contributed by atoms with Gasteiger partial charge in [0.25, 0.3) is 0 Å². The van der Waals surface area contributed by atoms with Crippen LogP contribution in [0.5, 0.6) is 0 Å². The van der Waals surface area contributed by atoms with E-state index in [1.807, 2.05) is 18.7 Å². The molecule has 2 atom stereocenters.